The molecule has 0 spiro atoms. The Morgan fingerprint density at radius 2 is 1.88 bits per heavy atom. The molecule has 4 nitrogen and oxygen atoms in total. The summed E-state index contributed by atoms with van der Waals surface area (Å²) in [6.07, 6.45) is 2.43. The topological polar surface area (TPSA) is 39.7 Å². The molecule has 0 aliphatic carbocycles. The summed E-state index contributed by atoms with van der Waals surface area (Å²) in [5, 5.41) is 3.40. The summed E-state index contributed by atoms with van der Waals surface area (Å²) in [7, 11) is 0. The molecule has 25 heavy (non-hydrogen) atoms. The molecule has 1 saturated heterocycles. The molecule has 2 aromatic rings. The molecule has 0 aromatic heterocycles. The SMILES string of the molecule is Cc1cc(C)cc(OCCNc2ccccc2OCC2CCCO2)c1. The third-order valence-electron chi connectivity index (χ3n) is 4.22. The molecule has 134 valence electrons. The fourth-order valence-electron chi connectivity index (χ4n) is 3.07. The highest BCUT2D eigenvalue weighted by atomic mass is 16.5. The van der Waals surface area contributed by atoms with Crippen molar-refractivity contribution in [3.05, 3.63) is 53.6 Å². The van der Waals surface area contributed by atoms with Gasteiger partial charge in [-0.1, -0.05) is 18.2 Å². The summed E-state index contributed by atoms with van der Waals surface area (Å²) in [4.78, 5) is 0. The smallest absolute Gasteiger partial charge is 0.142 e. The Kier molecular flexibility index (Phi) is 6.18. The summed E-state index contributed by atoms with van der Waals surface area (Å²) in [5.74, 6) is 1.78. The standard InChI is InChI=1S/C21H27NO3/c1-16-12-17(2)14-19(13-16)24-11-9-22-20-7-3-4-8-21(20)25-15-18-6-5-10-23-18/h3-4,7-8,12-14,18,22H,5-6,9-11,15H2,1-2H3. The van der Waals surface area contributed by atoms with Crippen molar-refractivity contribution in [3.63, 3.8) is 0 Å². The van der Waals surface area contributed by atoms with E-state index in [1.165, 1.54) is 11.1 Å². The number of benzene rings is 2. The predicted octanol–water partition coefficient (Wildman–Crippen LogP) is 4.35. The summed E-state index contributed by atoms with van der Waals surface area (Å²) in [5.41, 5.74) is 3.43. The van der Waals surface area contributed by atoms with Crippen molar-refractivity contribution in [1.82, 2.24) is 0 Å². The normalized spacial score (nSPS) is 16.6. The van der Waals surface area contributed by atoms with Crippen LogP contribution in [-0.4, -0.2) is 32.5 Å². The van der Waals surface area contributed by atoms with Gasteiger partial charge in [0.2, 0.25) is 0 Å². The largest absolute Gasteiger partial charge is 0.492 e. The minimum Gasteiger partial charge on any atom is -0.492 e. The molecule has 1 fully saturated rings. The van der Waals surface area contributed by atoms with E-state index in [9.17, 15) is 0 Å². The Morgan fingerprint density at radius 3 is 2.64 bits per heavy atom. The van der Waals surface area contributed by atoms with Gasteiger partial charge in [-0.3, -0.25) is 0 Å². The first-order chi connectivity index (χ1) is 12.2. The summed E-state index contributed by atoms with van der Waals surface area (Å²) < 4.78 is 17.4. The molecule has 1 unspecified atom stereocenters. The second-order valence-corrected chi connectivity index (χ2v) is 6.54. The second kappa shape index (κ2) is 8.77. The van der Waals surface area contributed by atoms with Crippen LogP contribution in [0.2, 0.25) is 0 Å². The van der Waals surface area contributed by atoms with Crippen LogP contribution in [0.15, 0.2) is 42.5 Å². The molecule has 4 heteroatoms. The maximum atomic E-state index is 5.94. The highest BCUT2D eigenvalue weighted by molar-refractivity contribution is 5.56. The molecule has 0 amide bonds. The summed E-state index contributed by atoms with van der Waals surface area (Å²) in [6.45, 7) is 6.94. The Bertz CT molecular complexity index is 660. The number of anilines is 1. The van der Waals surface area contributed by atoms with Crippen molar-refractivity contribution in [3.8, 4) is 11.5 Å². The van der Waals surface area contributed by atoms with Crippen LogP contribution >= 0.6 is 0 Å². The molecular formula is C21H27NO3. The van der Waals surface area contributed by atoms with E-state index in [0.717, 1.165) is 36.6 Å². The van der Waals surface area contributed by atoms with E-state index in [-0.39, 0.29) is 6.10 Å². The summed E-state index contributed by atoms with van der Waals surface area (Å²) >= 11 is 0. The van der Waals surface area contributed by atoms with Crippen molar-refractivity contribution in [2.75, 3.05) is 31.7 Å². The van der Waals surface area contributed by atoms with Crippen molar-refractivity contribution in [2.45, 2.75) is 32.8 Å². The maximum Gasteiger partial charge on any atom is 0.142 e. The zero-order chi connectivity index (χ0) is 17.5. The van der Waals surface area contributed by atoms with Gasteiger partial charge in [-0.2, -0.15) is 0 Å². The number of nitrogens with one attached hydrogen (secondary N) is 1. The molecule has 1 heterocycles. The predicted molar refractivity (Wildman–Crippen MR) is 101 cm³/mol. The van der Waals surface area contributed by atoms with Crippen LogP contribution in [0, 0.1) is 13.8 Å². The molecule has 1 atom stereocenters. The number of aryl methyl sites for hydroxylation is 2. The lowest BCUT2D eigenvalue weighted by molar-refractivity contribution is 0.0682. The van der Waals surface area contributed by atoms with E-state index >= 15 is 0 Å². The number of hydrogen-bond acceptors (Lipinski definition) is 4. The zero-order valence-corrected chi connectivity index (χ0v) is 15.1. The van der Waals surface area contributed by atoms with Gasteiger partial charge in [-0.15, -0.1) is 0 Å². The molecule has 0 bridgehead atoms. The second-order valence-electron chi connectivity index (χ2n) is 6.54. The van der Waals surface area contributed by atoms with Gasteiger partial charge in [0, 0.05) is 13.2 Å². The van der Waals surface area contributed by atoms with E-state index < -0.39 is 0 Å². The minimum absolute atomic E-state index is 0.223. The lowest BCUT2D eigenvalue weighted by Gasteiger charge is -2.16. The van der Waals surface area contributed by atoms with Crippen molar-refractivity contribution < 1.29 is 14.2 Å². The fourth-order valence-corrected chi connectivity index (χ4v) is 3.07. The fraction of sp³-hybridized carbons (Fsp3) is 0.429. The highest BCUT2D eigenvalue weighted by Gasteiger charge is 2.16. The van der Waals surface area contributed by atoms with E-state index in [4.69, 9.17) is 14.2 Å². The first kappa shape index (κ1) is 17.6. The molecule has 1 aliphatic rings. The highest BCUT2D eigenvalue weighted by Crippen LogP contribution is 2.25. The maximum absolute atomic E-state index is 5.94. The zero-order valence-electron chi connectivity index (χ0n) is 15.1. The van der Waals surface area contributed by atoms with Crippen molar-refractivity contribution in [1.29, 1.82) is 0 Å². The molecular weight excluding hydrogens is 314 g/mol. The monoisotopic (exact) mass is 341 g/mol. The van der Waals surface area contributed by atoms with Gasteiger partial charge >= 0.3 is 0 Å². The average molecular weight is 341 g/mol. The van der Waals surface area contributed by atoms with Gasteiger partial charge in [0.15, 0.2) is 0 Å². The number of ether oxygens (including phenoxy) is 3. The molecule has 1 N–H and O–H groups in total. The lowest BCUT2D eigenvalue weighted by Crippen LogP contribution is -2.17. The molecule has 1 aliphatic heterocycles. The van der Waals surface area contributed by atoms with Gasteiger partial charge in [0.25, 0.3) is 0 Å². The van der Waals surface area contributed by atoms with Gasteiger partial charge in [-0.25, -0.2) is 0 Å². The Morgan fingerprint density at radius 1 is 1.08 bits per heavy atom. The van der Waals surface area contributed by atoms with Gasteiger partial charge in [-0.05, 0) is 62.1 Å². The van der Waals surface area contributed by atoms with Crippen molar-refractivity contribution >= 4 is 5.69 Å². The van der Waals surface area contributed by atoms with Gasteiger partial charge < -0.3 is 19.5 Å². The van der Waals surface area contributed by atoms with Crippen LogP contribution in [0.4, 0.5) is 5.69 Å². The minimum atomic E-state index is 0.223. The van der Waals surface area contributed by atoms with Gasteiger partial charge in [0.1, 0.15) is 24.7 Å². The molecule has 0 saturated carbocycles. The lowest BCUT2D eigenvalue weighted by atomic mass is 10.1. The van der Waals surface area contributed by atoms with E-state index in [0.29, 0.717) is 19.8 Å². The van der Waals surface area contributed by atoms with E-state index in [1.54, 1.807) is 0 Å². The first-order valence-corrected chi connectivity index (χ1v) is 8.99. The van der Waals surface area contributed by atoms with Crippen LogP contribution < -0.4 is 14.8 Å². The van der Waals surface area contributed by atoms with E-state index in [2.05, 4.69) is 37.4 Å². The molecule has 3 rings (SSSR count). The summed E-state index contributed by atoms with van der Waals surface area (Å²) in [6, 6.07) is 14.3. The van der Waals surface area contributed by atoms with Gasteiger partial charge in [0.05, 0.1) is 11.8 Å². The molecule has 0 radical (unpaired) electrons. The van der Waals surface area contributed by atoms with Crippen LogP contribution in [0.5, 0.6) is 11.5 Å². The first-order valence-electron chi connectivity index (χ1n) is 8.99. The average Bonchev–Trinajstić information content (AvgIpc) is 3.10. The van der Waals surface area contributed by atoms with Crippen LogP contribution in [0.1, 0.15) is 24.0 Å². The van der Waals surface area contributed by atoms with Crippen LogP contribution in [0.3, 0.4) is 0 Å². The number of rotatable bonds is 8. The number of hydrogen-bond donors (Lipinski definition) is 1. The van der Waals surface area contributed by atoms with E-state index in [1.807, 2.05) is 24.3 Å². The van der Waals surface area contributed by atoms with Crippen LogP contribution in [-0.2, 0) is 4.74 Å². The third-order valence-corrected chi connectivity index (χ3v) is 4.22. The van der Waals surface area contributed by atoms with Crippen molar-refractivity contribution in [2.24, 2.45) is 0 Å². The number of para-hydroxylation sites is 2. The Balaban J connectivity index is 1.47. The molecule has 2 aromatic carbocycles. The quantitative estimate of drug-likeness (QED) is 0.725. The van der Waals surface area contributed by atoms with Crippen LogP contribution in [0.25, 0.3) is 0 Å². The Hall–Kier alpha value is -2.20. The Labute approximate surface area is 150 Å². The third kappa shape index (κ3) is 5.40.